The van der Waals surface area contributed by atoms with Crippen molar-refractivity contribution in [3.8, 4) is 23.0 Å². The molecule has 2 fully saturated rings. The molecule has 0 heterocycles. The first-order chi connectivity index (χ1) is 21.6. The molecule has 4 nitrogen and oxygen atoms in total. The standard InChI is InChI=1S/C41H50N2O2/c1-26-6-8-31(9-7-26)32-18-20-41(21-19-32,33-22-27(2)39(28(3)23-33)44-37-14-10-35(42)11-15-37)34-24-29(4)40(30(5)25-34)45-38-16-12-36(43)13-17-38/h10-17,22-26,31-32H,6-9,18-21,42-43H2,1-5H3. The summed E-state index contributed by atoms with van der Waals surface area (Å²) in [6.07, 6.45) is 10.5. The van der Waals surface area contributed by atoms with Gasteiger partial charge in [0, 0.05) is 16.8 Å². The number of hydrogen-bond donors (Lipinski definition) is 2. The minimum Gasteiger partial charge on any atom is -0.457 e. The van der Waals surface area contributed by atoms with E-state index in [1.165, 1.54) is 71.9 Å². The van der Waals surface area contributed by atoms with Crippen molar-refractivity contribution in [2.24, 2.45) is 17.8 Å². The summed E-state index contributed by atoms with van der Waals surface area (Å²) < 4.78 is 12.8. The summed E-state index contributed by atoms with van der Waals surface area (Å²) in [6.45, 7) is 11.2. The molecule has 0 spiro atoms. The molecule has 2 aliphatic rings. The van der Waals surface area contributed by atoms with E-state index in [0.717, 1.165) is 65.0 Å². The third kappa shape index (κ3) is 6.57. The first-order valence-corrected chi connectivity index (χ1v) is 16.9. The van der Waals surface area contributed by atoms with Crippen molar-refractivity contribution >= 4 is 11.4 Å². The molecule has 0 atom stereocenters. The van der Waals surface area contributed by atoms with E-state index in [0.29, 0.717) is 0 Å². The Labute approximate surface area is 270 Å². The van der Waals surface area contributed by atoms with Crippen LogP contribution in [0.5, 0.6) is 23.0 Å². The molecule has 0 amide bonds. The van der Waals surface area contributed by atoms with Crippen molar-refractivity contribution in [2.45, 2.75) is 91.4 Å². The molecule has 2 saturated carbocycles. The van der Waals surface area contributed by atoms with E-state index < -0.39 is 0 Å². The van der Waals surface area contributed by atoms with Gasteiger partial charge >= 0.3 is 0 Å². The zero-order chi connectivity index (χ0) is 31.7. The number of ether oxygens (including phenoxy) is 2. The van der Waals surface area contributed by atoms with E-state index in [9.17, 15) is 0 Å². The van der Waals surface area contributed by atoms with Crippen LogP contribution >= 0.6 is 0 Å². The van der Waals surface area contributed by atoms with Gasteiger partial charge in [-0.3, -0.25) is 0 Å². The number of nitrogens with two attached hydrogens (primary N) is 2. The summed E-state index contributed by atoms with van der Waals surface area (Å²) in [6, 6.07) is 24.9. The number of hydrogen-bond acceptors (Lipinski definition) is 4. The molecule has 0 unspecified atom stereocenters. The predicted molar refractivity (Wildman–Crippen MR) is 188 cm³/mol. The highest BCUT2D eigenvalue weighted by Crippen LogP contribution is 2.52. The van der Waals surface area contributed by atoms with E-state index in [4.69, 9.17) is 20.9 Å². The van der Waals surface area contributed by atoms with Crippen molar-refractivity contribution in [3.05, 3.63) is 106 Å². The van der Waals surface area contributed by atoms with Gasteiger partial charge in [-0.15, -0.1) is 0 Å². The van der Waals surface area contributed by atoms with Crippen LogP contribution in [0.15, 0.2) is 72.8 Å². The van der Waals surface area contributed by atoms with E-state index in [1.807, 2.05) is 48.5 Å². The summed E-state index contributed by atoms with van der Waals surface area (Å²) in [5.74, 6) is 6.09. The quantitative estimate of drug-likeness (QED) is 0.206. The lowest BCUT2D eigenvalue weighted by molar-refractivity contribution is 0.147. The summed E-state index contributed by atoms with van der Waals surface area (Å²) in [5.41, 5.74) is 20.8. The van der Waals surface area contributed by atoms with Crippen LogP contribution in [0.25, 0.3) is 0 Å². The Balaban J connectivity index is 1.36. The molecule has 2 aliphatic carbocycles. The van der Waals surface area contributed by atoms with Crippen molar-refractivity contribution in [1.82, 2.24) is 0 Å². The molecule has 0 aliphatic heterocycles. The lowest BCUT2D eigenvalue weighted by atomic mass is 9.59. The van der Waals surface area contributed by atoms with E-state index >= 15 is 0 Å². The first-order valence-electron chi connectivity index (χ1n) is 16.9. The Hall–Kier alpha value is -3.92. The topological polar surface area (TPSA) is 70.5 Å². The van der Waals surface area contributed by atoms with Crippen molar-refractivity contribution in [2.75, 3.05) is 11.5 Å². The van der Waals surface area contributed by atoms with E-state index in [2.05, 4.69) is 58.9 Å². The Bertz CT molecular complexity index is 1470. The van der Waals surface area contributed by atoms with Crippen molar-refractivity contribution < 1.29 is 9.47 Å². The van der Waals surface area contributed by atoms with Crippen LogP contribution < -0.4 is 20.9 Å². The molecule has 6 rings (SSSR count). The minimum atomic E-state index is -0.0526. The fraction of sp³-hybridized carbons (Fsp3) is 0.415. The first kappa shape index (κ1) is 31.1. The molecule has 45 heavy (non-hydrogen) atoms. The second-order valence-electron chi connectivity index (χ2n) is 14.2. The monoisotopic (exact) mass is 602 g/mol. The fourth-order valence-corrected chi connectivity index (χ4v) is 8.19. The fourth-order valence-electron chi connectivity index (χ4n) is 8.19. The number of nitrogen functional groups attached to an aromatic ring is 2. The smallest absolute Gasteiger partial charge is 0.133 e. The zero-order valence-electron chi connectivity index (χ0n) is 27.8. The average molecular weight is 603 g/mol. The third-order valence-electron chi connectivity index (χ3n) is 10.8. The maximum atomic E-state index is 6.42. The Morgan fingerprint density at radius 2 is 0.889 bits per heavy atom. The van der Waals surface area contributed by atoms with E-state index in [1.54, 1.807) is 0 Å². The van der Waals surface area contributed by atoms with Crippen LogP contribution in [-0.4, -0.2) is 0 Å². The van der Waals surface area contributed by atoms with Gasteiger partial charge in [0.1, 0.15) is 23.0 Å². The Kier molecular flexibility index (Phi) is 8.86. The van der Waals surface area contributed by atoms with Crippen LogP contribution in [0.3, 0.4) is 0 Å². The Morgan fingerprint density at radius 1 is 0.533 bits per heavy atom. The summed E-state index contributed by atoms with van der Waals surface area (Å²) in [7, 11) is 0. The van der Waals surface area contributed by atoms with Gasteiger partial charge in [-0.05, 0) is 166 Å². The molecule has 0 saturated heterocycles. The van der Waals surface area contributed by atoms with Gasteiger partial charge in [0.05, 0.1) is 0 Å². The van der Waals surface area contributed by atoms with E-state index in [-0.39, 0.29) is 5.41 Å². The maximum Gasteiger partial charge on any atom is 0.133 e. The summed E-state index contributed by atoms with van der Waals surface area (Å²) in [4.78, 5) is 0. The van der Waals surface area contributed by atoms with Gasteiger partial charge in [0.2, 0.25) is 0 Å². The molecule has 0 aromatic heterocycles. The molecular weight excluding hydrogens is 552 g/mol. The predicted octanol–water partition coefficient (Wildman–Crippen LogP) is 11.0. The van der Waals surface area contributed by atoms with Gasteiger partial charge in [-0.1, -0.05) is 44.0 Å². The van der Waals surface area contributed by atoms with Gasteiger partial charge in [0.15, 0.2) is 0 Å². The van der Waals surface area contributed by atoms with Gasteiger partial charge in [0.25, 0.3) is 0 Å². The minimum absolute atomic E-state index is 0.0526. The van der Waals surface area contributed by atoms with Crippen LogP contribution in [0.2, 0.25) is 0 Å². The van der Waals surface area contributed by atoms with Gasteiger partial charge in [-0.25, -0.2) is 0 Å². The normalized spacial score (nSPS) is 20.1. The number of benzene rings is 4. The summed E-state index contributed by atoms with van der Waals surface area (Å²) >= 11 is 0. The number of rotatable bonds is 7. The van der Waals surface area contributed by atoms with Crippen molar-refractivity contribution in [3.63, 3.8) is 0 Å². The molecule has 4 N–H and O–H groups in total. The highest BCUT2D eigenvalue weighted by atomic mass is 16.5. The SMILES string of the molecule is Cc1cc(C2(c3cc(C)c(Oc4ccc(N)cc4)c(C)c3)CCC(C3CCC(C)CC3)CC2)cc(C)c1Oc1ccc(N)cc1. The number of anilines is 2. The molecule has 0 radical (unpaired) electrons. The molecule has 4 aromatic carbocycles. The zero-order valence-corrected chi connectivity index (χ0v) is 27.8. The second-order valence-corrected chi connectivity index (χ2v) is 14.2. The maximum absolute atomic E-state index is 6.42. The third-order valence-corrected chi connectivity index (χ3v) is 10.8. The molecule has 4 heteroatoms. The number of aryl methyl sites for hydroxylation is 4. The largest absolute Gasteiger partial charge is 0.457 e. The Morgan fingerprint density at radius 3 is 1.27 bits per heavy atom. The highest BCUT2D eigenvalue weighted by Gasteiger charge is 2.41. The molecule has 4 aromatic rings. The van der Waals surface area contributed by atoms with Crippen LogP contribution in [0.1, 0.15) is 91.7 Å². The van der Waals surface area contributed by atoms with Gasteiger partial charge < -0.3 is 20.9 Å². The lowest BCUT2D eigenvalue weighted by Gasteiger charge is -2.45. The lowest BCUT2D eigenvalue weighted by Crippen LogP contribution is -2.36. The average Bonchev–Trinajstić information content (AvgIpc) is 3.03. The molecule has 236 valence electrons. The summed E-state index contributed by atoms with van der Waals surface area (Å²) in [5, 5.41) is 0. The van der Waals surface area contributed by atoms with Crippen LogP contribution in [0, 0.1) is 45.4 Å². The molecular formula is C41H50N2O2. The second kappa shape index (κ2) is 12.8. The van der Waals surface area contributed by atoms with Gasteiger partial charge in [-0.2, -0.15) is 0 Å². The van der Waals surface area contributed by atoms with Crippen LogP contribution in [-0.2, 0) is 5.41 Å². The van der Waals surface area contributed by atoms with Crippen LogP contribution in [0.4, 0.5) is 11.4 Å². The molecule has 0 bridgehead atoms. The van der Waals surface area contributed by atoms with Crippen molar-refractivity contribution in [1.29, 1.82) is 0 Å². The highest BCUT2D eigenvalue weighted by molar-refractivity contribution is 5.55.